The maximum Gasteiger partial charge on any atom is 0.321 e. The molecule has 0 saturated heterocycles. The fourth-order valence-corrected chi connectivity index (χ4v) is 1.20. The highest BCUT2D eigenvalue weighted by atomic mass is 35.5. The van der Waals surface area contributed by atoms with Gasteiger partial charge in [0.2, 0.25) is 0 Å². The van der Waals surface area contributed by atoms with Gasteiger partial charge in [-0.15, -0.1) is 0 Å². The van der Waals surface area contributed by atoms with E-state index in [1.807, 2.05) is 6.92 Å². The summed E-state index contributed by atoms with van der Waals surface area (Å²) in [6.07, 6.45) is 0. The average molecular weight is 257 g/mol. The molecule has 0 aliphatic heterocycles. The van der Waals surface area contributed by atoms with Crippen molar-refractivity contribution < 1.29 is 14.3 Å². The first kappa shape index (κ1) is 13.3. The molecule has 1 aromatic carbocycles. The van der Waals surface area contributed by atoms with Gasteiger partial charge in [0.1, 0.15) is 5.75 Å². The molecular formula is C11H13ClN2O3. The third kappa shape index (κ3) is 4.32. The van der Waals surface area contributed by atoms with Crippen molar-refractivity contribution in [3.05, 3.63) is 28.8 Å². The smallest absolute Gasteiger partial charge is 0.321 e. The number of amides is 3. The number of aryl methyl sites for hydroxylation is 1. The number of hydrogen-bond acceptors (Lipinski definition) is 3. The van der Waals surface area contributed by atoms with Gasteiger partial charge in [-0.3, -0.25) is 10.1 Å². The Labute approximate surface area is 104 Å². The molecule has 0 aliphatic carbocycles. The molecule has 0 radical (unpaired) electrons. The largest absolute Gasteiger partial charge is 0.484 e. The molecule has 3 amide bonds. The van der Waals surface area contributed by atoms with Gasteiger partial charge in [-0.2, -0.15) is 0 Å². The highest BCUT2D eigenvalue weighted by Gasteiger charge is 2.07. The van der Waals surface area contributed by atoms with Crippen LogP contribution in [0, 0.1) is 6.92 Å². The first-order chi connectivity index (χ1) is 8.02. The fourth-order valence-electron chi connectivity index (χ4n) is 1.08. The Morgan fingerprint density at radius 1 is 1.41 bits per heavy atom. The third-order valence-electron chi connectivity index (χ3n) is 1.98. The van der Waals surface area contributed by atoms with Gasteiger partial charge in [-0.1, -0.05) is 11.6 Å². The van der Waals surface area contributed by atoms with E-state index in [0.29, 0.717) is 10.8 Å². The average Bonchev–Trinajstić information content (AvgIpc) is 2.30. The predicted molar refractivity (Wildman–Crippen MR) is 64.3 cm³/mol. The Kier molecular flexibility index (Phi) is 4.78. The van der Waals surface area contributed by atoms with Crippen LogP contribution in [-0.2, 0) is 4.79 Å². The van der Waals surface area contributed by atoms with Gasteiger partial charge in [0.05, 0.1) is 0 Å². The molecular weight excluding hydrogens is 244 g/mol. The van der Waals surface area contributed by atoms with Gasteiger partial charge in [0, 0.05) is 12.1 Å². The van der Waals surface area contributed by atoms with Crippen LogP contribution in [0.4, 0.5) is 4.79 Å². The van der Waals surface area contributed by atoms with E-state index >= 15 is 0 Å². The van der Waals surface area contributed by atoms with E-state index in [4.69, 9.17) is 16.3 Å². The molecule has 0 saturated carbocycles. The lowest BCUT2D eigenvalue weighted by molar-refractivity contribution is -0.122. The highest BCUT2D eigenvalue weighted by Crippen LogP contribution is 2.20. The molecule has 0 unspecified atom stereocenters. The zero-order valence-electron chi connectivity index (χ0n) is 9.54. The summed E-state index contributed by atoms with van der Waals surface area (Å²) in [6.45, 7) is 1.61. The molecule has 6 heteroatoms. The summed E-state index contributed by atoms with van der Waals surface area (Å²) in [6, 6.07) is 4.49. The molecule has 1 rings (SSSR count). The molecule has 17 heavy (non-hydrogen) atoms. The van der Waals surface area contributed by atoms with Gasteiger partial charge in [-0.05, 0) is 30.7 Å². The quantitative estimate of drug-likeness (QED) is 0.861. The first-order valence-corrected chi connectivity index (χ1v) is 5.31. The number of hydrogen-bond donors (Lipinski definition) is 2. The standard InChI is InChI=1S/C11H13ClN2O3/c1-7-5-8(3-4-9(7)12)17-6-10(15)14-11(16)13-2/h3-5H,6H2,1-2H3,(H2,13,14,15,16). The molecule has 0 aromatic heterocycles. The van der Waals surface area contributed by atoms with E-state index in [1.165, 1.54) is 7.05 Å². The van der Waals surface area contributed by atoms with E-state index < -0.39 is 11.9 Å². The lowest BCUT2D eigenvalue weighted by Crippen LogP contribution is -2.39. The molecule has 0 bridgehead atoms. The highest BCUT2D eigenvalue weighted by molar-refractivity contribution is 6.31. The van der Waals surface area contributed by atoms with E-state index in [-0.39, 0.29) is 6.61 Å². The van der Waals surface area contributed by atoms with Crippen LogP contribution in [0.1, 0.15) is 5.56 Å². The third-order valence-corrected chi connectivity index (χ3v) is 2.40. The summed E-state index contributed by atoms with van der Waals surface area (Å²) in [4.78, 5) is 22.0. The number of rotatable bonds is 3. The minimum absolute atomic E-state index is 0.228. The molecule has 5 nitrogen and oxygen atoms in total. The van der Waals surface area contributed by atoms with Gasteiger partial charge in [0.15, 0.2) is 6.61 Å². The fraction of sp³-hybridized carbons (Fsp3) is 0.273. The van der Waals surface area contributed by atoms with Crippen LogP contribution < -0.4 is 15.4 Å². The van der Waals surface area contributed by atoms with Crippen LogP contribution in [0.25, 0.3) is 0 Å². The van der Waals surface area contributed by atoms with E-state index in [1.54, 1.807) is 18.2 Å². The van der Waals surface area contributed by atoms with Crippen LogP contribution >= 0.6 is 11.6 Å². The number of imide groups is 1. The van der Waals surface area contributed by atoms with Gasteiger partial charge in [-0.25, -0.2) is 4.79 Å². The Hall–Kier alpha value is -1.75. The lowest BCUT2D eigenvalue weighted by Gasteiger charge is -2.07. The second-order valence-corrected chi connectivity index (χ2v) is 3.73. The first-order valence-electron chi connectivity index (χ1n) is 4.93. The summed E-state index contributed by atoms with van der Waals surface area (Å²) < 4.78 is 5.20. The van der Waals surface area contributed by atoms with Crippen molar-refractivity contribution in [3.8, 4) is 5.75 Å². The molecule has 1 aromatic rings. The summed E-state index contributed by atoms with van der Waals surface area (Å²) in [5.41, 5.74) is 0.857. The molecule has 92 valence electrons. The number of nitrogens with one attached hydrogen (secondary N) is 2. The second-order valence-electron chi connectivity index (χ2n) is 3.33. The Morgan fingerprint density at radius 2 is 2.12 bits per heavy atom. The lowest BCUT2D eigenvalue weighted by atomic mass is 10.2. The molecule has 0 heterocycles. The Bertz CT molecular complexity index is 435. The van der Waals surface area contributed by atoms with Crippen LogP contribution in [0.5, 0.6) is 5.75 Å². The molecule has 0 aliphatic rings. The minimum atomic E-state index is -0.564. The number of benzene rings is 1. The van der Waals surface area contributed by atoms with Gasteiger partial charge < -0.3 is 10.1 Å². The number of carbonyl (C=O) groups excluding carboxylic acids is 2. The summed E-state index contributed by atoms with van der Waals surface area (Å²) in [7, 11) is 1.42. The van der Waals surface area contributed by atoms with Gasteiger partial charge >= 0.3 is 6.03 Å². The summed E-state index contributed by atoms with van der Waals surface area (Å²) in [5.74, 6) is 0.0101. The minimum Gasteiger partial charge on any atom is -0.484 e. The number of ether oxygens (including phenoxy) is 1. The number of halogens is 1. The van der Waals surface area contributed by atoms with E-state index in [9.17, 15) is 9.59 Å². The molecule has 0 spiro atoms. The van der Waals surface area contributed by atoms with Crippen molar-refractivity contribution in [1.29, 1.82) is 0 Å². The zero-order valence-corrected chi connectivity index (χ0v) is 10.3. The van der Waals surface area contributed by atoms with Crippen molar-refractivity contribution in [1.82, 2.24) is 10.6 Å². The summed E-state index contributed by atoms with van der Waals surface area (Å²) in [5, 5.41) is 4.98. The normalized spacial score (nSPS) is 9.59. The number of carbonyl (C=O) groups is 2. The van der Waals surface area contributed by atoms with Crippen molar-refractivity contribution >= 4 is 23.5 Å². The van der Waals surface area contributed by atoms with Crippen molar-refractivity contribution in [2.75, 3.05) is 13.7 Å². The van der Waals surface area contributed by atoms with E-state index in [0.717, 1.165) is 5.56 Å². The number of urea groups is 1. The van der Waals surface area contributed by atoms with Crippen LogP contribution in [0.15, 0.2) is 18.2 Å². The zero-order chi connectivity index (χ0) is 12.8. The predicted octanol–water partition coefficient (Wildman–Crippen LogP) is 1.48. The van der Waals surface area contributed by atoms with Crippen molar-refractivity contribution in [2.24, 2.45) is 0 Å². The van der Waals surface area contributed by atoms with Crippen LogP contribution in [0.3, 0.4) is 0 Å². The maximum absolute atomic E-state index is 11.2. The summed E-state index contributed by atoms with van der Waals surface area (Å²) >= 11 is 5.84. The van der Waals surface area contributed by atoms with Crippen LogP contribution in [-0.4, -0.2) is 25.6 Å². The molecule has 0 atom stereocenters. The Morgan fingerprint density at radius 3 is 2.71 bits per heavy atom. The maximum atomic E-state index is 11.2. The SMILES string of the molecule is CNC(=O)NC(=O)COc1ccc(Cl)c(C)c1. The second kappa shape index (κ2) is 6.10. The topological polar surface area (TPSA) is 67.4 Å². The molecule has 2 N–H and O–H groups in total. The van der Waals surface area contributed by atoms with Crippen LogP contribution in [0.2, 0.25) is 5.02 Å². The van der Waals surface area contributed by atoms with Crippen molar-refractivity contribution in [3.63, 3.8) is 0 Å². The Balaban J connectivity index is 2.47. The van der Waals surface area contributed by atoms with Crippen molar-refractivity contribution in [2.45, 2.75) is 6.92 Å². The van der Waals surface area contributed by atoms with E-state index in [2.05, 4.69) is 10.6 Å². The monoisotopic (exact) mass is 256 g/mol. The molecule has 0 fully saturated rings. The van der Waals surface area contributed by atoms with Gasteiger partial charge in [0.25, 0.3) is 5.91 Å².